The van der Waals surface area contributed by atoms with Gasteiger partial charge >= 0.3 is 5.97 Å². The molecule has 1 atom stereocenters. The molecule has 0 aromatic heterocycles. The van der Waals surface area contributed by atoms with Crippen molar-refractivity contribution in [3.63, 3.8) is 0 Å². The SMILES string of the molecule is CCCOC(=O)CCC(O)c1ccc(F)cc1. The summed E-state index contributed by atoms with van der Waals surface area (Å²) in [7, 11) is 0. The van der Waals surface area contributed by atoms with E-state index >= 15 is 0 Å². The number of hydrogen-bond acceptors (Lipinski definition) is 3. The van der Waals surface area contributed by atoms with E-state index in [4.69, 9.17) is 4.74 Å². The molecule has 0 aliphatic carbocycles. The highest BCUT2D eigenvalue weighted by Crippen LogP contribution is 2.18. The third-order valence-corrected chi connectivity index (χ3v) is 2.34. The standard InChI is InChI=1S/C13H17FO3/c1-2-9-17-13(16)8-7-12(15)10-3-5-11(14)6-4-10/h3-6,12,15H,2,7-9H2,1H3. The number of halogens is 1. The molecule has 0 aliphatic rings. The molecule has 1 aromatic carbocycles. The van der Waals surface area contributed by atoms with Gasteiger partial charge in [0.2, 0.25) is 0 Å². The van der Waals surface area contributed by atoms with E-state index in [2.05, 4.69) is 0 Å². The number of aliphatic hydroxyl groups is 1. The van der Waals surface area contributed by atoms with Crippen molar-refractivity contribution >= 4 is 5.97 Å². The molecule has 0 heterocycles. The van der Waals surface area contributed by atoms with Gasteiger partial charge in [0.05, 0.1) is 12.7 Å². The van der Waals surface area contributed by atoms with Gasteiger partial charge < -0.3 is 9.84 Å². The van der Waals surface area contributed by atoms with Gasteiger partial charge in [0.15, 0.2) is 0 Å². The number of carbonyl (C=O) groups excluding carboxylic acids is 1. The Morgan fingerprint density at radius 1 is 1.41 bits per heavy atom. The van der Waals surface area contributed by atoms with E-state index in [-0.39, 0.29) is 24.6 Å². The van der Waals surface area contributed by atoms with Crippen LogP contribution in [0.5, 0.6) is 0 Å². The van der Waals surface area contributed by atoms with E-state index in [1.54, 1.807) is 0 Å². The quantitative estimate of drug-likeness (QED) is 0.777. The van der Waals surface area contributed by atoms with E-state index in [9.17, 15) is 14.3 Å². The Balaban J connectivity index is 2.36. The van der Waals surface area contributed by atoms with Gasteiger partial charge in [0.25, 0.3) is 0 Å². The van der Waals surface area contributed by atoms with Gasteiger partial charge in [-0.2, -0.15) is 0 Å². The first-order valence-electron chi connectivity index (χ1n) is 5.72. The molecule has 1 unspecified atom stereocenters. The first-order chi connectivity index (χ1) is 8.13. The summed E-state index contributed by atoms with van der Waals surface area (Å²) in [5.74, 6) is -0.656. The number of ether oxygens (including phenoxy) is 1. The summed E-state index contributed by atoms with van der Waals surface area (Å²) in [4.78, 5) is 11.2. The van der Waals surface area contributed by atoms with E-state index in [1.165, 1.54) is 24.3 Å². The molecular formula is C13H17FO3. The van der Waals surface area contributed by atoms with Crippen molar-refractivity contribution in [3.8, 4) is 0 Å². The molecule has 17 heavy (non-hydrogen) atoms. The Kier molecular flexibility index (Phi) is 5.63. The van der Waals surface area contributed by atoms with Crippen LogP contribution in [0.3, 0.4) is 0 Å². The predicted octanol–water partition coefficient (Wildman–Crippen LogP) is 2.59. The van der Waals surface area contributed by atoms with Crippen molar-refractivity contribution in [3.05, 3.63) is 35.6 Å². The van der Waals surface area contributed by atoms with Crippen molar-refractivity contribution in [2.24, 2.45) is 0 Å². The fraction of sp³-hybridized carbons (Fsp3) is 0.462. The fourth-order valence-corrected chi connectivity index (χ4v) is 1.39. The maximum absolute atomic E-state index is 12.6. The monoisotopic (exact) mass is 240 g/mol. The Bertz CT molecular complexity index is 348. The summed E-state index contributed by atoms with van der Waals surface area (Å²) < 4.78 is 17.5. The summed E-state index contributed by atoms with van der Waals surface area (Å²) in [6.07, 6.45) is 0.476. The number of hydrogen-bond donors (Lipinski definition) is 1. The number of benzene rings is 1. The Labute approximate surface area is 100 Å². The topological polar surface area (TPSA) is 46.5 Å². The van der Waals surface area contributed by atoms with Crippen LogP contribution in [-0.2, 0) is 9.53 Å². The summed E-state index contributed by atoms with van der Waals surface area (Å²) in [6, 6.07) is 5.59. The second-order valence-corrected chi connectivity index (χ2v) is 3.83. The van der Waals surface area contributed by atoms with Crippen LogP contribution >= 0.6 is 0 Å². The molecule has 0 bridgehead atoms. The van der Waals surface area contributed by atoms with E-state index in [1.807, 2.05) is 6.92 Å². The minimum atomic E-state index is -0.759. The summed E-state index contributed by atoms with van der Waals surface area (Å²) in [5, 5.41) is 9.76. The Morgan fingerprint density at radius 2 is 2.06 bits per heavy atom. The summed E-state index contributed by atoms with van der Waals surface area (Å²) >= 11 is 0. The van der Waals surface area contributed by atoms with Crippen molar-refractivity contribution < 1.29 is 19.0 Å². The van der Waals surface area contributed by atoms with Gasteiger partial charge in [-0.05, 0) is 30.5 Å². The van der Waals surface area contributed by atoms with Crippen LogP contribution in [0.4, 0.5) is 4.39 Å². The Hall–Kier alpha value is -1.42. The number of rotatable bonds is 6. The normalized spacial score (nSPS) is 12.2. The minimum Gasteiger partial charge on any atom is -0.466 e. The van der Waals surface area contributed by atoms with Crippen LogP contribution in [0.15, 0.2) is 24.3 Å². The zero-order chi connectivity index (χ0) is 12.7. The predicted molar refractivity (Wildman–Crippen MR) is 61.8 cm³/mol. The second-order valence-electron chi connectivity index (χ2n) is 3.83. The van der Waals surface area contributed by atoms with Crippen molar-refractivity contribution in [1.82, 2.24) is 0 Å². The lowest BCUT2D eigenvalue weighted by molar-refractivity contribution is -0.144. The molecular weight excluding hydrogens is 223 g/mol. The lowest BCUT2D eigenvalue weighted by Gasteiger charge is -2.10. The first-order valence-corrected chi connectivity index (χ1v) is 5.72. The molecule has 0 fully saturated rings. The number of carbonyl (C=O) groups is 1. The van der Waals surface area contributed by atoms with Gasteiger partial charge in [-0.15, -0.1) is 0 Å². The minimum absolute atomic E-state index is 0.165. The molecule has 0 saturated heterocycles. The smallest absolute Gasteiger partial charge is 0.305 e. The number of esters is 1. The van der Waals surface area contributed by atoms with Gasteiger partial charge in [0.1, 0.15) is 5.82 Å². The van der Waals surface area contributed by atoms with E-state index in [0.29, 0.717) is 12.2 Å². The van der Waals surface area contributed by atoms with E-state index < -0.39 is 6.10 Å². The highest BCUT2D eigenvalue weighted by Gasteiger charge is 2.11. The molecule has 1 rings (SSSR count). The first kappa shape index (κ1) is 13.6. The van der Waals surface area contributed by atoms with Gasteiger partial charge in [0, 0.05) is 6.42 Å². The van der Waals surface area contributed by atoms with Crippen LogP contribution < -0.4 is 0 Å². The van der Waals surface area contributed by atoms with Crippen molar-refractivity contribution in [1.29, 1.82) is 0 Å². The highest BCUT2D eigenvalue weighted by molar-refractivity contribution is 5.69. The molecule has 1 N–H and O–H groups in total. The number of aliphatic hydroxyl groups excluding tert-OH is 1. The average Bonchev–Trinajstić information content (AvgIpc) is 2.34. The zero-order valence-corrected chi connectivity index (χ0v) is 9.86. The zero-order valence-electron chi connectivity index (χ0n) is 9.86. The molecule has 0 aliphatic heterocycles. The lowest BCUT2D eigenvalue weighted by atomic mass is 10.1. The van der Waals surface area contributed by atoms with Crippen LogP contribution in [0.25, 0.3) is 0 Å². The molecule has 4 heteroatoms. The molecule has 0 saturated carbocycles. The fourth-order valence-electron chi connectivity index (χ4n) is 1.39. The van der Waals surface area contributed by atoms with Crippen LogP contribution in [0.1, 0.15) is 37.9 Å². The average molecular weight is 240 g/mol. The summed E-state index contributed by atoms with van der Waals surface area (Å²) in [5.41, 5.74) is 0.606. The molecule has 0 amide bonds. The van der Waals surface area contributed by atoms with Crippen LogP contribution in [0.2, 0.25) is 0 Å². The Morgan fingerprint density at radius 3 is 2.65 bits per heavy atom. The van der Waals surface area contributed by atoms with Crippen molar-refractivity contribution in [2.45, 2.75) is 32.3 Å². The maximum atomic E-state index is 12.6. The second kappa shape index (κ2) is 7.01. The summed E-state index contributed by atoms with van der Waals surface area (Å²) in [6.45, 7) is 2.33. The lowest BCUT2D eigenvalue weighted by Crippen LogP contribution is -2.07. The molecule has 94 valence electrons. The maximum Gasteiger partial charge on any atom is 0.305 e. The van der Waals surface area contributed by atoms with Crippen LogP contribution in [-0.4, -0.2) is 17.7 Å². The molecule has 0 spiro atoms. The molecule has 1 aromatic rings. The van der Waals surface area contributed by atoms with E-state index in [0.717, 1.165) is 6.42 Å². The van der Waals surface area contributed by atoms with Crippen LogP contribution in [0, 0.1) is 5.82 Å². The van der Waals surface area contributed by atoms with Crippen molar-refractivity contribution in [2.75, 3.05) is 6.61 Å². The van der Waals surface area contributed by atoms with Gasteiger partial charge in [-0.3, -0.25) is 4.79 Å². The molecule has 3 nitrogen and oxygen atoms in total. The molecule has 0 radical (unpaired) electrons. The highest BCUT2D eigenvalue weighted by atomic mass is 19.1. The van der Waals surface area contributed by atoms with Gasteiger partial charge in [-0.25, -0.2) is 4.39 Å². The third-order valence-electron chi connectivity index (χ3n) is 2.34. The largest absolute Gasteiger partial charge is 0.466 e. The third kappa shape index (κ3) is 4.95. The van der Waals surface area contributed by atoms with Gasteiger partial charge in [-0.1, -0.05) is 19.1 Å².